The first-order valence-corrected chi connectivity index (χ1v) is 10.1. The number of ketones is 1. The van der Waals surface area contributed by atoms with Crippen LogP contribution in [0.15, 0.2) is 96.1 Å². The van der Waals surface area contributed by atoms with Crippen molar-refractivity contribution in [1.82, 2.24) is 0 Å². The van der Waals surface area contributed by atoms with Gasteiger partial charge in [0.15, 0.2) is 0 Å². The van der Waals surface area contributed by atoms with E-state index in [1.807, 2.05) is 42.5 Å². The number of hydrogen-bond acceptors (Lipinski definition) is 4. The Morgan fingerprint density at radius 1 is 0.967 bits per heavy atom. The quantitative estimate of drug-likeness (QED) is 0.571. The molecule has 0 radical (unpaired) electrons. The van der Waals surface area contributed by atoms with Gasteiger partial charge in [-0.05, 0) is 29.3 Å². The number of carbonyl (C=O) groups is 1. The number of nitrogens with zero attached hydrogens (tertiary/aromatic N) is 2. The minimum absolute atomic E-state index is 0.0116. The molecule has 4 heteroatoms. The Bertz CT molecular complexity index is 1130. The molecule has 5 rings (SSSR count). The largest absolute Gasteiger partial charge is 0.497 e. The van der Waals surface area contributed by atoms with Gasteiger partial charge in [0.1, 0.15) is 11.5 Å². The fourth-order valence-electron chi connectivity index (χ4n) is 4.41. The number of anilines is 1. The zero-order valence-electron chi connectivity index (χ0n) is 16.7. The second kappa shape index (κ2) is 7.64. The second-order valence-electron chi connectivity index (χ2n) is 7.56. The molecule has 2 atom stereocenters. The molecule has 0 N–H and O–H groups in total. The van der Waals surface area contributed by atoms with Gasteiger partial charge in [-0.3, -0.25) is 9.79 Å². The van der Waals surface area contributed by atoms with E-state index >= 15 is 0 Å². The molecule has 2 unspecified atom stereocenters. The summed E-state index contributed by atoms with van der Waals surface area (Å²) < 4.78 is 5.29. The van der Waals surface area contributed by atoms with E-state index in [9.17, 15) is 4.79 Å². The minimum Gasteiger partial charge on any atom is -0.497 e. The first-order valence-electron chi connectivity index (χ1n) is 10.1. The lowest BCUT2D eigenvalue weighted by molar-refractivity contribution is 0.106. The smallest absolute Gasteiger partial charge is 0.209 e. The van der Waals surface area contributed by atoms with Crippen molar-refractivity contribution in [1.29, 1.82) is 0 Å². The molecule has 0 saturated heterocycles. The fourth-order valence-corrected chi connectivity index (χ4v) is 4.41. The lowest BCUT2D eigenvalue weighted by Gasteiger charge is -2.31. The average molecular weight is 394 g/mol. The van der Waals surface area contributed by atoms with E-state index < -0.39 is 0 Å². The van der Waals surface area contributed by atoms with Gasteiger partial charge < -0.3 is 9.64 Å². The number of ether oxygens (including phenoxy) is 1. The van der Waals surface area contributed by atoms with Crippen molar-refractivity contribution in [2.75, 3.05) is 12.0 Å². The molecule has 0 saturated carbocycles. The Balaban J connectivity index is 1.54. The van der Waals surface area contributed by atoms with Crippen LogP contribution in [0.5, 0.6) is 5.75 Å². The highest BCUT2D eigenvalue weighted by Crippen LogP contribution is 2.44. The van der Waals surface area contributed by atoms with Gasteiger partial charge in [-0.1, -0.05) is 66.7 Å². The van der Waals surface area contributed by atoms with Crippen molar-refractivity contribution in [2.24, 2.45) is 4.99 Å². The predicted octanol–water partition coefficient (Wildman–Crippen LogP) is 5.02. The van der Waals surface area contributed by atoms with Gasteiger partial charge in [0.25, 0.3) is 0 Å². The summed E-state index contributed by atoms with van der Waals surface area (Å²) >= 11 is 0. The van der Waals surface area contributed by atoms with Gasteiger partial charge in [0.05, 0.1) is 13.2 Å². The molecule has 4 nitrogen and oxygen atoms in total. The summed E-state index contributed by atoms with van der Waals surface area (Å²) in [7, 11) is 1.67. The minimum atomic E-state index is -0.123. The lowest BCUT2D eigenvalue weighted by Crippen LogP contribution is -2.44. The van der Waals surface area contributed by atoms with Gasteiger partial charge in [-0.15, -0.1) is 0 Å². The van der Waals surface area contributed by atoms with E-state index in [2.05, 4.69) is 52.4 Å². The van der Waals surface area contributed by atoms with Gasteiger partial charge in [0, 0.05) is 29.9 Å². The van der Waals surface area contributed by atoms with Crippen LogP contribution in [0.4, 0.5) is 5.69 Å². The van der Waals surface area contributed by atoms with Crippen molar-refractivity contribution < 1.29 is 9.53 Å². The number of methoxy groups -OCH3 is 1. The second-order valence-corrected chi connectivity index (χ2v) is 7.56. The Morgan fingerprint density at radius 3 is 2.47 bits per heavy atom. The molecule has 0 spiro atoms. The monoisotopic (exact) mass is 394 g/mol. The van der Waals surface area contributed by atoms with Crippen LogP contribution in [0.2, 0.25) is 0 Å². The van der Waals surface area contributed by atoms with E-state index in [4.69, 9.17) is 4.74 Å². The van der Waals surface area contributed by atoms with E-state index in [0.29, 0.717) is 17.8 Å². The first kappa shape index (κ1) is 18.4. The van der Waals surface area contributed by atoms with E-state index in [1.165, 1.54) is 5.56 Å². The molecular weight excluding hydrogens is 372 g/mol. The maximum Gasteiger partial charge on any atom is 0.209 e. The number of aliphatic imine (C=N–C) groups is 1. The van der Waals surface area contributed by atoms with Crippen LogP contribution >= 0.6 is 0 Å². The number of carbonyl (C=O) groups excluding carboxylic acids is 1. The number of rotatable bonds is 5. The van der Waals surface area contributed by atoms with Crippen LogP contribution in [-0.2, 0) is 6.54 Å². The lowest BCUT2D eigenvalue weighted by atomic mass is 9.87. The summed E-state index contributed by atoms with van der Waals surface area (Å²) in [6, 6.07) is 25.8. The van der Waals surface area contributed by atoms with Crippen LogP contribution < -0.4 is 9.64 Å². The average Bonchev–Trinajstić information content (AvgIpc) is 3.13. The van der Waals surface area contributed by atoms with E-state index in [1.54, 1.807) is 13.3 Å². The number of benzene rings is 3. The fraction of sp³-hybridized carbons (Fsp3) is 0.154. The molecule has 2 aliphatic rings. The molecule has 0 aliphatic carbocycles. The third-order valence-corrected chi connectivity index (χ3v) is 5.85. The normalized spacial score (nSPS) is 19.1. The molecule has 0 aromatic heterocycles. The van der Waals surface area contributed by atoms with E-state index in [0.717, 1.165) is 17.0 Å². The van der Waals surface area contributed by atoms with Gasteiger partial charge in [0.2, 0.25) is 5.78 Å². The standard InChI is InChI=1S/C26H22N2O2/c1-30-20-13-11-18(12-14-20)17-28-23-10-6-5-9-21(23)22-15-16-27-24(25(22)28)26(29)19-7-3-2-4-8-19/h2-16,22,25H,17H2,1H3. The summed E-state index contributed by atoms with van der Waals surface area (Å²) in [5.74, 6) is 0.933. The Hall–Kier alpha value is -3.66. The highest BCUT2D eigenvalue weighted by atomic mass is 16.5. The van der Waals surface area contributed by atoms with Crippen molar-refractivity contribution in [2.45, 2.75) is 18.5 Å². The summed E-state index contributed by atoms with van der Waals surface area (Å²) in [4.78, 5) is 20.3. The van der Waals surface area contributed by atoms with Gasteiger partial charge in [-0.25, -0.2) is 0 Å². The molecule has 2 aliphatic heterocycles. The molecule has 30 heavy (non-hydrogen) atoms. The molecule has 3 aromatic carbocycles. The van der Waals surface area contributed by atoms with Crippen LogP contribution in [0.3, 0.4) is 0 Å². The highest BCUT2D eigenvalue weighted by Gasteiger charge is 2.43. The Morgan fingerprint density at radius 2 is 1.70 bits per heavy atom. The summed E-state index contributed by atoms with van der Waals surface area (Å²) in [6.07, 6.45) is 3.89. The molecular formula is C26H22N2O2. The van der Waals surface area contributed by atoms with Gasteiger partial charge >= 0.3 is 0 Å². The van der Waals surface area contributed by atoms with E-state index in [-0.39, 0.29) is 17.7 Å². The van der Waals surface area contributed by atoms with Crippen molar-refractivity contribution in [3.8, 4) is 5.75 Å². The number of fused-ring (bicyclic) bond motifs is 3. The van der Waals surface area contributed by atoms with Crippen molar-refractivity contribution in [3.63, 3.8) is 0 Å². The zero-order chi connectivity index (χ0) is 20.5. The van der Waals surface area contributed by atoms with Gasteiger partial charge in [-0.2, -0.15) is 0 Å². The molecule has 3 aromatic rings. The summed E-state index contributed by atoms with van der Waals surface area (Å²) in [6.45, 7) is 0.692. The molecule has 148 valence electrons. The molecule has 2 heterocycles. The van der Waals surface area contributed by atoms with Crippen molar-refractivity contribution in [3.05, 3.63) is 108 Å². The van der Waals surface area contributed by atoms with Crippen LogP contribution in [0, 0.1) is 0 Å². The number of Topliss-reactive ketones (excluding diaryl/α,β-unsaturated/α-hetero) is 1. The van der Waals surface area contributed by atoms with Crippen LogP contribution in [0.1, 0.15) is 27.4 Å². The predicted molar refractivity (Wildman–Crippen MR) is 119 cm³/mol. The SMILES string of the molecule is COc1ccc(CN2c3ccccc3C3C=CN=C(C(=O)c4ccccc4)C32)cc1. The first-order chi connectivity index (χ1) is 14.8. The Labute approximate surface area is 176 Å². The third kappa shape index (κ3) is 3.11. The highest BCUT2D eigenvalue weighted by molar-refractivity contribution is 6.48. The number of para-hydroxylation sites is 1. The third-order valence-electron chi connectivity index (χ3n) is 5.85. The topological polar surface area (TPSA) is 41.9 Å². The summed E-state index contributed by atoms with van der Waals surface area (Å²) in [5.41, 5.74) is 4.82. The zero-order valence-corrected chi connectivity index (χ0v) is 16.7. The molecule has 0 bridgehead atoms. The number of hydrogen-bond donors (Lipinski definition) is 0. The molecule has 0 amide bonds. The Kier molecular flexibility index (Phi) is 4.68. The van der Waals surface area contributed by atoms with Crippen LogP contribution in [-0.4, -0.2) is 24.6 Å². The molecule has 0 fully saturated rings. The van der Waals surface area contributed by atoms with Crippen LogP contribution in [0.25, 0.3) is 0 Å². The summed E-state index contributed by atoms with van der Waals surface area (Å²) in [5, 5.41) is 0. The maximum atomic E-state index is 13.4. The maximum absolute atomic E-state index is 13.4. The van der Waals surface area contributed by atoms with Crippen molar-refractivity contribution >= 4 is 17.2 Å².